The maximum absolute atomic E-state index is 4.08. The van der Waals surface area contributed by atoms with E-state index in [2.05, 4.69) is 80.3 Å². The van der Waals surface area contributed by atoms with Crippen LogP contribution >= 0.6 is 12.4 Å². The minimum atomic E-state index is 0. The summed E-state index contributed by atoms with van der Waals surface area (Å²) < 4.78 is 2.08. The summed E-state index contributed by atoms with van der Waals surface area (Å²) in [5, 5.41) is 3.61. The number of halogens is 1. The standard InChI is InChI=1S/C21H25N5.ClH/c1-2-4-19(5-3-1)21-20(14-24-25-21)13-23-12-17-6-8-18(9-7-17)15-26-11-10-22-16-26;/h1-11,16,20-21,23-25H,12-15H2;1H. The van der Waals surface area contributed by atoms with E-state index in [-0.39, 0.29) is 12.4 Å². The third kappa shape index (κ3) is 5.17. The van der Waals surface area contributed by atoms with E-state index in [1.54, 1.807) is 0 Å². The fraction of sp³-hybridized carbons (Fsp3) is 0.286. The van der Waals surface area contributed by atoms with Crippen LogP contribution in [0.1, 0.15) is 22.7 Å². The van der Waals surface area contributed by atoms with E-state index in [1.165, 1.54) is 16.7 Å². The first-order chi connectivity index (χ1) is 12.9. The van der Waals surface area contributed by atoms with Gasteiger partial charge < -0.3 is 9.88 Å². The Morgan fingerprint density at radius 2 is 1.81 bits per heavy atom. The van der Waals surface area contributed by atoms with E-state index in [0.717, 1.165) is 26.2 Å². The predicted molar refractivity (Wildman–Crippen MR) is 111 cm³/mol. The largest absolute Gasteiger partial charge is 0.333 e. The van der Waals surface area contributed by atoms with E-state index in [0.29, 0.717) is 12.0 Å². The lowest BCUT2D eigenvalue weighted by atomic mass is 9.95. The maximum atomic E-state index is 4.08. The number of aromatic nitrogens is 2. The van der Waals surface area contributed by atoms with Crippen LogP contribution in [0.25, 0.3) is 0 Å². The molecule has 0 spiro atoms. The van der Waals surface area contributed by atoms with Gasteiger partial charge in [-0.3, -0.25) is 5.43 Å². The molecule has 142 valence electrons. The van der Waals surface area contributed by atoms with Crippen molar-refractivity contribution in [1.29, 1.82) is 0 Å². The minimum Gasteiger partial charge on any atom is -0.333 e. The van der Waals surface area contributed by atoms with Crippen LogP contribution in [0.5, 0.6) is 0 Å². The lowest BCUT2D eigenvalue weighted by Gasteiger charge is -2.19. The summed E-state index contributed by atoms with van der Waals surface area (Å²) in [5.74, 6) is 0.540. The van der Waals surface area contributed by atoms with Crippen molar-refractivity contribution in [2.75, 3.05) is 13.1 Å². The topological polar surface area (TPSA) is 53.9 Å². The summed E-state index contributed by atoms with van der Waals surface area (Å²) in [6, 6.07) is 19.8. The molecule has 1 aromatic heterocycles. The molecule has 2 atom stereocenters. The first-order valence-corrected chi connectivity index (χ1v) is 9.16. The number of hydrogen-bond donors (Lipinski definition) is 3. The summed E-state index contributed by atoms with van der Waals surface area (Å²) >= 11 is 0. The quantitative estimate of drug-likeness (QED) is 0.587. The van der Waals surface area contributed by atoms with Gasteiger partial charge in [0.05, 0.1) is 12.4 Å². The minimum absolute atomic E-state index is 0. The fourth-order valence-electron chi connectivity index (χ4n) is 3.50. The molecule has 27 heavy (non-hydrogen) atoms. The van der Waals surface area contributed by atoms with Crippen molar-refractivity contribution in [3.05, 3.63) is 90.0 Å². The van der Waals surface area contributed by atoms with Crippen LogP contribution in [0, 0.1) is 5.92 Å². The second kappa shape index (κ2) is 9.67. The van der Waals surface area contributed by atoms with Crippen molar-refractivity contribution < 1.29 is 0 Å². The first kappa shape index (κ1) is 19.6. The Balaban J connectivity index is 0.00000210. The molecule has 0 bridgehead atoms. The van der Waals surface area contributed by atoms with Crippen LogP contribution < -0.4 is 16.2 Å². The monoisotopic (exact) mass is 383 g/mol. The Morgan fingerprint density at radius 3 is 2.56 bits per heavy atom. The lowest BCUT2D eigenvalue weighted by Crippen LogP contribution is -2.28. The molecular weight excluding hydrogens is 358 g/mol. The Hall–Kier alpha value is -2.18. The van der Waals surface area contributed by atoms with E-state index < -0.39 is 0 Å². The molecule has 5 nitrogen and oxygen atoms in total. The van der Waals surface area contributed by atoms with Gasteiger partial charge in [-0.2, -0.15) is 0 Å². The molecule has 0 aliphatic carbocycles. The van der Waals surface area contributed by atoms with Crippen molar-refractivity contribution in [3.63, 3.8) is 0 Å². The molecular formula is C21H26ClN5. The highest BCUT2D eigenvalue weighted by molar-refractivity contribution is 5.85. The zero-order valence-corrected chi connectivity index (χ0v) is 16.0. The van der Waals surface area contributed by atoms with Crippen LogP contribution in [-0.2, 0) is 13.1 Å². The zero-order chi connectivity index (χ0) is 17.6. The lowest BCUT2D eigenvalue weighted by molar-refractivity contribution is 0.441. The zero-order valence-electron chi connectivity index (χ0n) is 15.2. The van der Waals surface area contributed by atoms with Gasteiger partial charge >= 0.3 is 0 Å². The highest BCUT2D eigenvalue weighted by atomic mass is 35.5. The van der Waals surface area contributed by atoms with Crippen molar-refractivity contribution in [2.45, 2.75) is 19.1 Å². The average Bonchev–Trinajstić information content (AvgIpc) is 3.36. The van der Waals surface area contributed by atoms with Gasteiger partial charge in [0.1, 0.15) is 0 Å². The van der Waals surface area contributed by atoms with Gasteiger partial charge in [0.2, 0.25) is 0 Å². The summed E-state index contributed by atoms with van der Waals surface area (Å²) in [4.78, 5) is 4.08. The average molecular weight is 384 g/mol. The first-order valence-electron chi connectivity index (χ1n) is 9.16. The smallest absolute Gasteiger partial charge is 0.0949 e. The number of imidazole rings is 1. The number of benzene rings is 2. The molecule has 1 aliphatic rings. The fourth-order valence-corrected chi connectivity index (χ4v) is 3.50. The van der Waals surface area contributed by atoms with Gasteiger partial charge in [0.15, 0.2) is 0 Å². The van der Waals surface area contributed by atoms with Gasteiger partial charge in [0, 0.05) is 44.5 Å². The number of hydrazine groups is 1. The van der Waals surface area contributed by atoms with Crippen LogP contribution in [0.2, 0.25) is 0 Å². The van der Waals surface area contributed by atoms with E-state index in [9.17, 15) is 0 Å². The highest BCUT2D eigenvalue weighted by Gasteiger charge is 2.27. The SMILES string of the molecule is Cl.c1ccc(C2NNCC2CNCc2ccc(Cn3ccnc3)cc2)cc1. The highest BCUT2D eigenvalue weighted by Crippen LogP contribution is 2.24. The molecule has 3 N–H and O–H groups in total. The molecule has 0 saturated carbocycles. The predicted octanol–water partition coefficient (Wildman–Crippen LogP) is 2.91. The molecule has 6 heteroatoms. The van der Waals surface area contributed by atoms with Gasteiger partial charge in [-0.1, -0.05) is 54.6 Å². The molecule has 2 unspecified atom stereocenters. The number of hydrogen-bond acceptors (Lipinski definition) is 4. The van der Waals surface area contributed by atoms with Gasteiger partial charge in [-0.25, -0.2) is 10.4 Å². The number of nitrogens with one attached hydrogen (secondary N) is 3. The Kier molecular flexibility index (Phi) is 7.01. The summed E-state index contributed by atoms with van der Waals surface area (Å²) in [5.41, 5.74) is 10.7. The van der Waals surface area contributed by atoms with Crippen LogP contribution in [0.15, 0.2) is 73.3 Å². The number of rotatable bonds is 7. The maximum Gasteiger partial charge on any atom is 0.0949 e. The Labute approximate surface area is 166 Å². The van der Waals surface area contributed by atoms with Crippen molar-refractivity contribution in [2.24, 2.45) is 5.92 Å². The van der Waals surface area contributed by atoms with E-state index >= 15 is 0 Å². The van der Waals surface area contributed by atoms with Crippen molar-refractivity contribution >= 4 is 12.4 Å². The molecule has 1 aliphatic heterocycles. The van der Waals surface area contributed by atoms with Crippen LogP contribution in [0.3, 0.4) is 0 Å². The normalized spacial score (nSPS) is 19.0. The van der Waals surface area contributed by atoms with Gasteiger partial charge in [-0.05, 0) is 16.7 Å². The molecule has 4 rings (SSSR count). The molecule has 2 heterocycles. The molecule has 3 aromatic rings. The van der Waals surface area contributed by atoms with Crippen LogP contribution in [0.4, 0.5) is 0 Å². The second-order valence-electron chi connectivity index (χ2n) is 6.86. The Bertz CT molecular complexity index is 789. The number of nitrogens with zero attached hydrogens (tertiary/aromatic N) is 2. The molecule has 1 fully saturated rings. The van der Waals surface area contributed by atoms with Gasteiger partial charge in [0.25, 0.3) is 0 Å². The Morgan fingerprint density at radius 1 is 1.04 bits per heavy atom. The van der Waals surface area contributed by atoms with Crippen molar-refractivity contribution in [1.82, 2.24) is 25.7 Å². The third-order valence-corrected chi connectivity index (χ3v) is 4.93. The molecule has 0 radical (unpaired) electrons. The van der Waals surface area contributed by atoms with Gasteiger partial charge in [-0.15, -0.1) is 12.4 Å². The summed E-state index contributed by atoms with van der Waals surface area (Å²) in [6.07, 6.45) is 5.65. The van der Waals surface area contributed by atoms with Crippen LogP contribution in [-0.4, -0.2) is 22.6 Å². The molecule has 1 saturated heterocycles. The summed E-state index contributed by atoms with van der Waals surface area (Å²) in [7, 11) is 0. The summed E-state index contributed by atoms with van der Waals surface area (Å²) in [6.45, 7) is 3.72. The molecule has 2 aromatic carbocycles. The van der Waals surface area contributed by atoms with E-state index in [4.69, 9.17) is 0 Å². The van der Waals surface area contributed by atoms with E-state index in [1.807, 2.05) is 18.7 Å². The third-order valence-electron chi connectivity index (χ3n) is 4.93. The molecule has 0 amide bonds. The second-order valence-corrected chi connectivity index (χ2v) is 6.86. The van der Waals surface area contributed by atoms with Crippen molar-refractivity contribution in [3.8, 4) is 0 Å².